The monoisotopic (exact) mass is 204 g/mol. The Balaban J connectivity index is 4.73. The van der Waals surface area contributed by atoms with Gasteiger partial charge in [0.05, 0.1) is 0 Å². The Labute approximate surface area is 81.9 Å². The van der Waals surface area contributed by atoms with Gasteiger partial charge >= 0.3 is 0 Å². The molecule has 3 nitrogen and oxygen atoms in total. The average Bonchev–Trinajstić information content (AvgIpc) is 2.03. The summed E-state index contributed by atoms with van der Waals surface area (Å²) >= 11 is 0. The van der Waals surface area contributed by atoms with Gasteiger partial charge < -0.3 is 0 Å². The van der Waals surface area contributed by atoms with Crippen molar-refractivity contribution in [3.8, 4) is 0 Å². The first kappa shape index (κ1) is 12.9. The smallest absolute Gasteiger partial charge is 0.219 e. The predicted molar refractivity (Wildman–Crippen MR) is 59.3 cm³/mol. The zero-order valence-electron chi connectivity index (χ0n) is 9.53. The molecule has 0 aromatic carbocycles. The van der Waals surface area contributed by atoms with Gasteiger partial charge in [-0.1, -0.05) is 11.6 Å². The van der Waals surface area contributed by atoms with Crippen LogP contribution >= 0.6 is 7.44 Å². The van der Waals surface area contributed by atoms with Crippen LogP contribution in [-0.4, -0.2) is 43.7 Å². The van der Waals surface area contributed by atoms with E-state index in [2.05, 4.69) is 0 Å². The van der Waals surface area contributed by atoms with Crippen LogP contribution in [0.1, 0.15) is 13.8 Å². The lowest BCUT2D eigenvalue weighted by molar-refractivity contribution is 0.450. The van der Waals surface area contributed by atoms with E-state index in [1.807, 2.05) is 57.5 Å². The molecule has 0 aromatic rings. The van der Waals surface area contributed by atoms with Crippen LogP contribution in [0.3, 0.4) is 0 Å². The number of allylic oxidation sites excluding steroid dienone is 2. The number of rotatable bonds is 4. The van der Waals surface area contributed by atoms with Crippen molar-refractivity contribution in [3.63, 3.8) is 0 Å². The Morgan fingerprint density at radius 1 is 1.23 bits per heavy atom. The van der Waals surface area contributed by atoms with Gasteiger partial charge in [0.2, 0.25) is 7.44 Å². The Hall–Kier alpha value is -0.110. The van der Waals surface area contributed by atoms with Crippen molar-refractivity contribution in [1.29, 1.82) is 0 Å². The summed E-state index contributed by atoms with van der Waals surface area (Å²) in [5.41, 5.74) is 1.17. The van der Waals surface area contributed by atoms with E-state index in [9.17, 15) is 4.57 Å². The van der Waals surface area contributed by atoms with Crippen LogP contribution in [0, 0.1) is 0 Å². The molecule has 0 amide bonds. The number of hydrogen-bond donors (Lipinski definition) is 0. The van der Waals surface area contributed by atoms with Crippen LogP contribution in [0.5, 0.6) is 0 Å². The molecular weight excluding hydrogens is 183 g/mol. The number of nitrogens with zero attached hydrogens (tertiary/aromatic N) is 2. The quantitative estimate of drug-likeness (QED) is 0.518. The summed E-state index contributed by atoms with van der Waals surface area (Å²) in [7, 11) is 5.12. The molecule has 0 radical (unpaired) electrons. The van der Waals surface area contributed by atoms with Crippen LogP contribution in [0.4, 0.5) is 0 Å². The molecule has 78 valence electrons. The average molecular weight is 204 g/mol. The topological polar surface area (TPSA) is 23.6 Å². The highest BCUT2D eigenvalue weighted by Crippen LogP contribution is 2.50. The van der Waals surface area contributed by atoms with E-state index in [-0.39, 0.29) is 0 Å². The third kappa shape index (κ3) is 3.26. The van der Waals surface area contributed by atoms with Gasteiger partial charge in [0, 0.05) is 6.16 Å². The summed E-state index contributed by atoms with van der Waals surface area (Å²) in [4.78, 5) is 0. The molecule has 0 aromatic heterocycles. The Bertz CT molecular complexity index is 222. The van der Waals surface area contributed by atoms with E-state index in [1.54, 1.807) is 0 Å². The maximum Gasteiger partial charge on any atom is 0.219 e. The predicted octanol–water partition coefficient (Wildman–Crippen LogP) is 2.27. The van der Waals surface area contributed by atoms with Gasteiger partial charge in [-0.15, -0.1) is 0 Å². The van der Waals surface area contributed by atoms with Crippen LogP contribution in [0.25, 0.3) is 0 Å². The van der Waals surface area contributed by atoms with Crippen molar-refractivity contribution in [2.45, 2.75) is 13.8 Å². The molecule has 0 heterocycles. The van der Waals surface area contributed by atoms with Crippen molar-refractivity contribution in [1.82, 2.24) is 9.34 Å². The maximum absolute atomic E-state index is 12.4. The summed E-state index contributed by atoms with van der Waals surface area (Å²) < 4.78 is 16.0. The zero-order chi connectivity index (χ0) is 10.6. The van der Waals surface area contributed by atoms with Gasteiger partial charge in [0.15, 0.2) is 0 Å². The summed E-state index contributed by atoms with van der Waals surface area (Å²) in [6, 6.07) is 0. The van der Waals surface area contributed by atoms with E-state index in [0.717, 1.165) is 0 Å². The van der Waals surface area contributed by atoms with Crippen molar-refractivity contribution < 1.29 is 4.57 Å². The first-order valence-corrected chi connectivity index (χ1v) is 6.20. The minimum absolute atomic E-state index is 0.642. The molecule has 0 atom stereocenters. The summed E-state index contributed by atoms with van der Waals surface area (Å²) in [6.45, 7) is 3.99. The van der Waals surface area contributed by atoms with E-state index in [4.69, 9.17) is 0 Å². The largest absolute Gasteiger partial charge is 0.288 e. The second-order valence-electron chi connectivity index (χ2n) is 3.65. The Morgan fingerprint density at radius 2 is 1.62 bits per heavy atom. The highest BCUT2D eigenvalue weighted by molar-refractivity contribution is 7.59. The van der Waals surface area contributed by atoms with Gasteiger partial charge in [-0.3, -0.25) is 4.57 Å². The Kier molecular flexibility index (Phi) is 4.90. The minimum atomic E-state index is -2.34. The second kappa shape index (κ2) is 4.94. The zero-order valence-corrected chi connectivity index (χ0v) is 10.4. The molecule has 0 rings (SSSR count). The summed E-state index contributed by atoms with van der Waals surface area (Å²) in [5, 5.41) is 0. The fourth-order valence-corrected chi connectivity index (χ4v) is 3.17. The molecule has 0 saturated heterocycles. The molecule has 0 unspecified atom stereocenters. The fraction of sp³-hybridized carbons (Fsp3) is 0.778. The van der Waals surface area contributed by atoms with Crippen LogP contribution < -0.4 is 0 Å². The van der Waals surface area contributed by atoms with Crippen molar-refractivity contribution in [3.05, 3.63) is 11.6 Å². The third-order valence-electron chi connectivity index (χ3n) is 2.20. The van der Waals surface area contributed by atoms with Gasteiger partial charge in [-0.05, 0) is 42.0 Å². The normalized spacial score (nSPS) is 14.3. The first-order chi connectivity index (χ1) is 5.84. The van der Waals surface area contributed by atoms with Gasteiger partial charge in [0.1, 0.15) is 0 Å². The van der Waals surface area contributed by atoms with E-state index in [0.29, 0.717) is 6.16 Å². The molecule has 4 heteroatoms. The lowest BCUT2D eigenvalue weighted by Gasteiger charge is -2.30. The summed E-state index contributed by atoms with van der Waals surface area (Å²) in [5.74, 6) is 0. The lowest BCUT2D eigenvalue weighted by atomic mass is 10.3. The molecular formula is C9H21N2OP. The molecule has 0 fully saturated rings. The van der Waals surface area contributed by atoms with E-state index < -0.39 is 7.44 Å². The first-order valence-electron chi connectivity index (χ1n) is 4.41. The molecule has 0 N–H and O–H groups in total. The molecule has 0 aliphatic rings. The maximum atomic E-state index is 12.4. The third-order valence-corrected chi connectivity index (χ3v) is 5.61. The lowest BCUT2D eigenvalue weighted by Crippen LogP contribution is -2.23. The standard InChI is InChI=1S/C9H21N2OP/c1-7-9(2)8-13(12,10(3)4)11(5)6/h7H,8H2,1-6H3/b9-7+. The molecule has 0 bridgehead atoms. The minimum Gasteiger partial charge on any atom is -0.288 e. The highest BCUT2D eigenvalue weighted by Gasteiger charge is 2.27. The van der Waals surface area contributed by atoms with E-state index >= 15 is 0 Å². The van der Waals surface area contributed by atoms with Crippen molar-refractivity contribution in [2.24, 2.45) is 0 Å². The fourth-order valence-electron chi connectivity index (χ4n) is 1.06. The molecule has 13 heavy (non-hydrogen) atoms. The molecule has 0 aliphatic heterocycles. The van der Waals surface area contributed by atoms with Crippen molar-refractivity contribution >= 4 is 7.44 Å². The van der Waals surface area contributed by atoms with Crippen molar-refractivity contribution in [2.75, 3.05) is 34.4 Å². The summed E-state index contributed by atoms with van der Waals surface area (Å²) in [6.07, 6.45) is 2.66. The van der Waals surface area contributed by atoms with E-state index in [1.165, 1.54) is 5.57 Å². The molecule has 0 saturated carbocycles. The van der Waals surface area contributed by atoms with Gasteiger partial charge in [-0.2, -0.15) is 0 Å². The second-order valence-corrected chi connectivity index (χ2v) is 6.90. The molecule has 0 aliphatic carbocycles. The number of hydrogen-bond acceptors (Lipinski definition) is 1. The van der Waals surface area contributed by atoms with Gasteiger partial charge in [0.25, 0.3) is 0 Å². The van der Waals surface area contributed by atoms with Crippen LogP contribution in [0.15, 0.2) is 11.6 Å². The highest BCUT2D eigenvalue weighted by atomic mass is 31.2. The van der Waals surface area contributed by atoms with Gasteiger partial charge in [-0.25, -0.2) is 9.34 Å². The molecule has 0 spiro atoms. The Morgan fingerprint density at radius 3 is 1.85 bits per heavy atom. The van der Waals surface area contributed by atoms with Crippen LogP contribution in [-0.2, 0) is 4.57 Å². The van der Waals surface area contributed by atoms with Crippen LogP contribution in [0.2, 0.25) is 0 Å². The SMILES string of the molecule is C/C=C(\C)CP(=O)(N(C)C)N(C)C.